The second-order valence-corrected chi connectivity index (χ2v) is 6.28. The maximum absolute atomic E-state index is 11.5. The van der Waals surface area contributed by atoms with Gasteiger partial charge in [0.05, 0.1) is 5.41 Å². The van der Waals surface area contributed by atoms with Gasteiger partial charge in [0, 0.05) is 13.0 Å². The molecule has 1 amide bonds. The Morgan fingerprint density at radius 1 is 1.18 bits per heavy atom. The lowest BCUT2D eigenvalue weighted by Gasteiger charge is -2.58. The molecular weight excluding hydrogens is 218 g/mol. The van der Waals surface area contributed by atoms with Crippen LogP contribution in [0.25, 0.3) is 0 Å². The normalized spacial score (nSPS) is 46.9. The average Bonchev–Trinajstić information content (AvgIpc) is 2.22. The van der Waals surface area contributed by atoms with Crippen LogP contribution in [0.15, 0.2) is 0 Å². The molecule has 4 rings (SSSR count). The SMILES string of the molecule is CC(=O)NC1C2CC3C[C@@H]1CC(C(=O)O)(C3)C2. The highest BCUT2D eigenvalue weighted by Gasteiger charge is 2.58. The molecule has 4 unspecified atom stereocenters. The molecule has 4 aliphatic rings. The molecular formula is C13H19NO3. The van der Waals surface area contributed by atoms with Crippen LogP contribution >= 0.6 is 0 Å². The molecule has 0 saturated heterocycles. The largest absolute Gasteiger partial charge is 0.481 e. The summed E-state index contributed by atoms with van der Waals surface area (Å²) in [6.07, 6.45) is 4.61. The third-order valence-electron chi connectivity index (χ3n) is 5.10. The highest BCUT2D eigenvalue weighted by Crippen LogP contribution is 2.60. The van der Waals surface area contributed by atoms with Crippen LogP contribution < -0.4 is 5.32 Å². The van der Waals surface area contributed by atoms with E-state index in [9.17, 15) is 14.7 Å². The Labute approximate surface area is 101 Å². The fourth-order valence-corrected chi connectivity index (χ4v) is 4.76. The summed E-state index contributed by atoms with van der Waals surface area (Å²) in [6, 6.07) is 0.233. The zero-order chi connectivity index (χ0) is 12.2. The van der Waals surface area contributed by atoms with Gasteiger partial charge in [-0.05, 0) is 49.9 Å². The average molecular weight is 237 g/mol. The molecule has 4 aliphatic carbocycles. The van der Waals surface area contributed by atoms with E-state index in [-0.39, 0.29) is 11.9 Å². The Kier molecular flexibility index (Phi) is 2.25. The summed E-state index contributed by atoms with van der Waals surface area (Å²) in [5, 5.41) is 12.5. The molecule has 4 heteroatoms. The molecule has 0 radical (unpaired) electrons. The zero-order valence-electron chi connectivity index (χ0n) is 10.1. The first-order valence-corrected chi connectivity index (χ1v) is 6.51. The first kappa shape index (κ1) is 11.1. The van der Waals surface area contributed by atoms with E-state index in [0.717, 1.165) is 32.1 Å². The van der Waals surface area contributed by atoms with Crippen molar-refractivity contribution in [3.63, 3.8) is 0 Å². The van der Waals surface area contributed by atoms with Crippen LogP contribution in [0.4, 0.5) is 0 Å². The van der Waals surface area contributed by atoms with Gasteiger partial charge < -0.3 is 10.4 Å². The van der Waals surface area contributed by atoms with E-state index in [1.54, 1.807) is 6.92 Å². The molecule has 0 heterocycles. The lowest BCUT2D eigenvalue weighted by Crippen LogP contribution is -2.60. The number of carboxylic acids is 1. The van der Waals surface area contributed by atoms with Gasteiger partial charge in [-0.3, -0.25) is 9.59 Å². The smallest absolute Gasteiger partial charge is 0.309 e. The predicted octanol–water partition coefficient (Wildman–Crippen LogP) is 1.40. The molecule has 4 nitrogen and oxygen atoms in total. The van der Waals surface area contributed by atoms with Crippen LogP contribution in [0.3, 0.4) is 0 Å². The molecule has 0 aliphatic heterocycles. The first-order chi connectivity index (χ1) is 8.00. The van der Waals surface area contributed by atoms with Gasteiger partial charge in [0.25, 0.3) is 0 Å². The van der Waals surface area contributed by atoms with Crippen LogP contribution in [0, 0.1) is 23.2 Å². The van der Waals surface area contributed by atoms with Gasteiger partial charge in [0.15, 0.2) is 0 Å². The molecule has 17 heavy (non-hydrogen) atoms. The van der Waals surface area contributed by atoms with Gasteiger partial charge in [-0.15, -0.1) is 0 Å². The quantitative estimate of drug-likeness (QED) is 0.763. The minimum atomic E-state index is -0.613. The van der Waals surface area contributed by atoms with E-state index in [1.807, 2.05) is 0 Å². The summed E-state index contributed by atoms with van der Waals surface area (Å²) in [4.78, 5) is 22.7. The van der Waals surface area contributed by atoms with Gasteiger partial charge >= 0.3 is 5.97 Å². The van der Waals surface area contributed by atoms with Gasteiger partial charge in [-0.2, -0.15) is 0 Å². The fraction of sp³-hybridized carbons (Fsp3) is 0.846. The number of carbonyl (C=O) groups is 2. The van der Waals surface area contributed by atoms with Gasteiger partial charge in [-0.1, -0.05) is 0 Å². The summed E-state index contributed by atoms with van der Waals surface area (Å²) in [7, 11) is 0. The number of hydrogen-bond donors (Lipinski definition) is 2. The lowest BCUT2D eigenvalue weighted by molar-refractivity contribution is -0.167. The number of nitrogens with one attached hydrogen (secondary N) is 1. The van der Waals surface area contributed by atoms with Crippen molar-refractivity contribution in [1.29, 1.82) is 0 Å². The number of amides is 1. The van der Waals surface area contributed by atoms with E-state index in [1.165, 1.54) is 0 Å². The van der Waals surface area contributed by atoms with Crippen molar-refractivity contribution in [1.82, 2.24) is 5.32 Å². The van der Waals surface area contributed by atoms with Crippen LogP contribution in [0.5, 0.6) is 0 Å². The Bertz CT molecular complexity index is 363. The Morgan fingerprint density at radius 2 is 1.76 bits per heavy atom. The molecule has 0 aromatic rings. The Hall–Kier alpha value is -1.06. The molecule has 4 saturated carbocycles. The fourth-order valence-electron chi connectivity index (χ4n) is 4.76. The van der Waals surface area contributed by atoms with Gasteiger partial charge in [-0.25, -0.2) is 0 Å². The zero-order valence-corrected chi connectivity index (χ0v) is 10.1. The van der Waals surface area contributed by atoms with Crippen LogP contribution in [-0.4, -0.2) is 23.0 Å². The van der Waals surface area contributed by atoms with Crippen molar-refractivity contribution in [2.75, 3.05) is 0 Å². The summed E-state index contributed by atoms with van der Waals surface area (Å²) in [5.74, 6) is 0.765. The Balaban J connectivity index is 1.85. The lowest BCUT2D eigenvalue weighted by atomic mass is 9.48. The van der Waals surface area contributed by atoms with E-state index < -0.39 is 11.4 Å². The molecule has 4 fully saturated rings. The summed E-state index contributed by atoms with van der Waals surface area (Å²) in [5.41, 5.74) is -0.467. The molecule has 0 spiro atoms. The van der Waals surface area contributed by atoms with Gasteiger partial charge in [0.1, 0.15) is 0 Å². The summed E-state index contributed by atoms with van der Waals surface area (Å²) in [6.45, 7) is 1.55. The van der Waals surface area contributed by atoms with Crippen molar-refractivity contribution < 1.29 is 14.7 Å². The van der Waals surface area contributed by atoms with Crippen molar-refractivity contribution in [3.05, 3.63) is 0 Å². The minimum Gasteiger partial charge on any atom is -0.481 e. The van der Waals surface area contributed by atoms with E-state index in [0.29, 0.717) is 17.8 Å². The number of hydrogen-bond acceptors (Lipinski definition) is 2. The Morgan fingerprint density at radius 3 is 2.24 bits per heavy atom. The molecule has 94 valence electrons. The monoisotopic (exact) mass is 237 g/mol. The molecule has 5 atom stereocenters. The summed E-state index contributed by atoms with van der Waals surface area (Å²) >= 11 is 0. The van der Waals surface area contributed by atoms with Crippen LogP contribution in [0.2, 0.25) is 0 Å². The maximum atomic E-state index is 11.5. The van der Waals surface area contributed by atoms with Gasteiger partial charge in [0.2, 0.25) is 5.91 Å². The molecule has 0 aromatic carbocycles. The summed E-state index contributed by atoms with van der Waals surface area (Å²) < 4.78 is 0. The first-order valence-electron chi connectivity index (χ1n) is 6.51. The topological polar surface area (TPSA) is 66.4 Å². The van der Waals surface area contributed by atoms with Crippen molar-refractivity contribution >= 4 is 11.9 Å². The van der Waals surface area contributed by atoms with Crippen LogP contribution in [-0.2, 0) is 9.59 Å². The van der Waals surface area contributed by atoms with Crippen molar-refractivity contribution in [2.45, 2.75) is 45.1 Å². The standard InChI is InChI=1S/C13H19NO3/c1-7(15)14-11-9-2-8-3-10(11)6-13(4-8,5-9)12(16)17/h8-11H,2-6H2,1H3,(H,14,15)(H,16,17)/t8?,9-,10?,11?,13?/m1/s1. The second kappa shape index (κ2) is 3.47. The number of rotatable bonds is 2. The number of aliphatic carboxylic acids is 1. The number of carboxylic acid groups (broad SMARTS) is 1. The minimum absolute atomic E-state index is 0.0202. The second-order valence-electron chi connectivity index (χ2n) is 6.28. The highest BCUT2D eigenvalue weighted by atomic mass is 16.4. The van der Waals surface area contributed by atoms with Crippen LogP contribution in [0.1, 0.15) is 39.0 Å². The van der Waals surface area contributed by atoms with E-state index >= 15 is 0 Å². The molecule has 2 N–H and O–H groups in total. The highest BCUT2D eigenvalue weighted by molar-refractivity contribution is 5.76. The third kappa shape index (κ3) is 1.57. The van der Waals surface area contributed by atoms with E-state index in [4.69, 9.17) is 0 Å². The van der Waals surface area contributed by atoms with E-state index in [2.05, 4.69) is 5.32 Å². The maximum Gasteiger partial charge on any atom is 0.309 e. The third-order valence-corrected chi connectivity index (χ3v) is 5.10. The predicted molar refractivity (Wildman–Crippen MR) is 61.2 cm³/mol. The number of carbonyl (C=O) groups excluding carboxylic acids is 1. The molecule has 4 bridgehead atoms. The van der Waals surface area contributed by atoms with Crippen molar-refractivity contribution in [2.24, 2.45) is 23.2 Å². The molecule has 0 aromatic heterocycles. The van der Waals surface area contributed by atoms with Crippen molar-refractivity contribution in [3.8, 4) is 0 Å².